The fourth-order valence-corrected chi connectivity index (χ4v) is 3.19. The Morgan fingerprint density at radius 1 is 1.07 bits per heavy atom. The number of rotatable bonds is 6. The summed E-state index contributed by atoms with van der Waals surface area (Å²) in [6.07, 6.45) is 1.57. The van der Waals surface area contributed by atoms with Crippen LogP contribution in [0, 0.1) is 13.8 Å². The van der Waals surface area contributed by atoms with Crippen LogP contribution in [0.2, 0.25) is 5.15 Å². The van der Waals surface area contributed by atoms with Crippen molar-refractivity contribution in [3.05, 3.63) is 88.0 Å². The number of benzene rings is 2. The number of aromatic nitrogens is 2. The highest BCUT2D eigenvalue weighted by molar-refractivity contribution is 6.29. The molecule has 2 heterocycles. The van der Waals surface area contributed by atoms with Gasteiger partial charge in [-0.3, -0.25) is 0 Å². The van der Waals surface area contributed by atoms with Gasteiger partial charge in [0.1, 0.15) is 35.4 Å². The van der Waals surface area contributed by atoms with Gasteiger partial charge in [-0.2, -0.15) is 0 Å². The van der Waals surface area contributed by atoms with Crippen molar-refractivity contribution >= 4 is 28.3 Å². The van der Waals surface area contributed by atoms with Gasteiger partial charge in [0.05, 0.1) is 11.3 Å². The van der Waals surface area contributed by atoms with E-state index in [0.717, 1.165) is 27.6 Å². The van der Waals surface area contributed by atoms with Crippen LogP contribution in [-0.2, 0) is 18.0 Å². The first-order valence-electron chi connectivity index (χ1n) is 9.36. The summed E-state index contributed by atoms with van der Waals surface area (Å²) in [5.41, 5.74) is 2.71. The summed E-state index contributed by atoms with van der Waals surface area (Å²) >= 11 is 5.80. The number of hydrogen-bond donors (Lipinski definition) is 0. The van der Waals surface area contributed by atoms with Gasteiger partial charge in [-0.1, -0.05) is 47.1 Å². The fraction of sp³-hybridized carbons (Fsp3) is 0.174. The van der Waals surface area contributed by atoms with Crippen LogP contribution in [0.15, 0.2) is 59.3 Å². The zero-order valence-corrected chi connectivity index (χ0v) is 17.3. The first-order chi connectivity index (χ1) is 14.5. The lowest BCUT2D eigenvalue weighted by molar-refractivity contribution is 0.0467. The Balaban J connectivity index is 1.60. The summed E-state index contributed by atoms with van der Waals surface area (Å²) in [7, 11) is 0. The molecule has 0 atom stereocenters. The summed E-state index contributed by atoms with van der Waals surface area (Å²) in [5, 5.41) is 6.21. The summed E-state index contributed by atoms with van der Waals surface area (Å²) in [6.45, 7) is 4.00. The van der Waals surface area contributed by atoms with Gasteiger partial charge in [-0.25, -0.2) is 9.78 Å². The molecule has 30 heavy (non-hydrogen) atoms. The standard InChI is InChI=1S/C23H19ClN2O4/c1-14-20(15(2)30-26-14)13-28-21-10-18-6-4-3-5-17(18)9-19(21)23(27)29-12-16-7-8-22(24)25-11-16/h3-11H,12-13H2,1-2H3. The molecule has 4 rings (SSSR count). The van der Waals surface area contributed by atoms with Crippen LogP contribution >= 0.6 is 11.6 Å². The second kappa shape index (κ2) is 8.55. The minimum absolute atomic E-state index is 0.0825. The molecule has 7 heteroatoms. The SMILES string of the molecule is Cc1noc(C)c1COc1cc2ccccc2cc1C(=O)OCc1ccc(Cl)nc1. The van der Waals surface area contributed by atoms with E-state index in [4.69, 9.17) is 25.6 Å². The van der Waals surface area contributed by atoms with Crippen molar-refractivity contribution in [1.29, 1.82) is 0 Å². The number of hydrogen-bond acceptors (Lipinski definition) is 6. The van der Waals surface area contributed by atoms with Crippen molar-refractivity contribution < 1.29 is 18.8 Å². The molecular weight excluding hydrogens is 404 g/mol. The Morgan fingerprint density at radius 3 is 2.50 bits per heavy atom. The first-order valence-corrected chi connectivity index (χ1v) is 9.74. The predicted octanol–water partition coefficient (Wildman–Crippen LogP) is 5.43. The van der Waals surface area contributed by atoms with Crippen molar-refractivity contribution in [2.75, 3.05) is 0 Å². The molecule has 0 radical (unpaired) electrons. The normalized spacial score (nSPS) is 10.9. The number of nitrogens with zero attached hydrogens (tertiary/aromatic N) is 2. The number of pyridine rings is 1. The fourth-order valence-electron chi connectivity index (χ4n) is 3.07. The molecule has 0 aliphatic rings. The van der Waals surface area contributed by atoms with Crippen molar-refractivity contribution in [2.45, 2.75) is 27.1 Å². The second-order valence-corrected chi connectivity index (χ2v) is 7.24. The molecule has 0 saturated heterocycles. The molecule has 0 aliphatic heterocycles. The van der Waals surface area contributed by atoms with E-state index in [-0.39, 0.29) is 13.2 Å². The topological polar surface area (TPSA) is 74.5 Å². The van der Waals surface area contributed by atoms with Gasteiger partial charge in [0.15, 0.2) is 0 Å². The van der Waals surface area contributed by atoms with Gasteiger partial charge in [0.25, 0.3) is 0 Å². The van der Waals surface area contributed by atoms with Crippen molar-refractivity contribution in [3.63, 3.8) is 0 Å². The molecule has 4 aromatic rings. The molecule has 0 aliphatic carbocycles. The summed E-state index contributed by atoms with van der Waals surface area (Å²) in [4.78, 5) is 16.9. The highest BCUT2D eigenvalue weighted by Gasteiger charge is 2.18. The van der Waals surface area contributed by atoms with Gasteiger partial charge in [-0.15, -0.1) is 0 Å². The Kier molecular flexibility index (Phi) is 5.68. The van der Waals surface area contributed by atoms with Gasteiger partial charge in [0, 0.05) is 11.8 Å². The monoisotopic (exact) mass is 422 g/mol. The van der Waals surface area contributed by atoms with Gasteiger partial charge >= 0.3 is 5.97 Å². The number of esters is 1. The summed E-state index contributed by atoms with van der Waals surface area (Å²) in [5.74, 6) is 0.644. The van der Waals surface area contributed by atoms with Gasteiger partial charge in [0.2, 0.25) is 0 Å². The molecule has 2 aromatic carbocycles. The quantitative estimate of drug-likeness (QED) is 0.304. The maximum absolute atomic E-state index is 12.9. The van der Waals surface area contributed by atoms with E-state index in [9.17, 15) is 4.79 Å². The Bertz CT molecular complexity index is 1180. The van der Waals surface area contributed by atoms with E-state index in [1.165, 1.54) is 0 Å². The molecule has 2 aromatic heterocycles. The number of aryl methyl sites for hydroxylation is 2. The lowest BCUT2D eigenvalue weighted by Crippen LogP contribution is -2.09. The van der Waals surface area contributed by atoms with Crippen LogP contribution in [0.1, 0.15) is 32.9 Å². The van der Waals surface area contributed by atoms with E-state index in [1.807, 2.05) is 44.2 Å². The van der Waals surface area contributed by atoms with Crippen LogP contribution in [0.3, 0.4) is 0 Å². The minimum atomic E-state index is -0.482. The molecule has 0 N–H and O–H groups in total. The number of carbonyl (C=O) groups is 1. The van der Waals surface area contributed by atoms with E-state index < -0.39 is 5.97 Å². The molecule has 0 saturated carbocycles. The molecular formula is C23H19ClN2O4. The van der Waals surface area contributed by atoms with Crippen LogP contribution in [0.25, 0.3) is 10.8 Å². The Hall–Kier alpha value is -3.38. The van der Waals surface area contributed by atoms with Crippen molar-refractivity contribution in [2.24, 2.45) is 0 Å². The van der Waals surface area contributed by atoms with E-state index in [2.05, 4.69) is 10.1 Å². The van der Waals surface area contributed by atoms with Crippen molar-refractivity contribution in [3.8, 4) is 5.75 Å². The zero-order chi connectivity index (χ0) is 21.1. The molecule has 0 unspecified atom stereocenters. The average Bonchev–Trinajstić information content (AvgIpc) is 3.08. The third-order valence-electron chi connectivity index (χ3n) is 4.78. The number of ether oxygens (including phenoxy) is 2. The van der Waals surface area contributed by atoms with Crippen LogP contribution in [-0.4, -0.2) is 16.1 Å². The number of carbonyl (C=O) groups excluding carboxylic acids is 1. The highest BCUT2D eigenvalue weighted by Crippen LogP contribution is 2.28. The van der Waals surface area contributed by atoms with Gasteiger partial charge in [-0.05, 0) is 42.8 Å². The van der Waals surface area contributed by atoms with E-state index in [1.54, 1.807) is 24.4 Å². The van der Waals surface area contributed by atoms with E-state index >= 15 is 0 Å². The maximum Gasteiger partial charge on any atom is 0.342 e. The van der Waals surface area contributed by atoms with Gasteiger partial charge < -0.3 is 14.0 Å². The predicted molar refractivity (Wildman–Crippen MR) is 113 cm³/mol. The average molecular weight is 423 g/mol. The van der Waals surface area contributed by atoms with Crippen molar-refractivity contribution in [1.82, 2.24) is 10.1 Å². The third-order valence-corrected chi connectivity index (χ3v) is 5.00. The molecule has 0 bridgehead atoms. The third kappa shape index (κ3) is 4.28. The molecule has 0 fully saturated rings. The molecule has 0 spiro atoms. The summed E-state index contributed by atoms with van der Waals surface area (Å²) in [6, 6.07) is 14.8. The summed E-state index contributed by atoms with van der Waals surface area (Å²) < 4.78 is 16.7. The number of halogens is 1. The largest absolute Gasteiger partial charge is 0.488 e. The van der Waals surface area contributed by atoms with E-state index in [0.29, 0.717) is 22.2 Å². The zero-order valence-electron chi connectivity index (χ0n) is 16.5. The van der Waals surface area contributed by atoms with Crippen LogP contribution < -0.4 is 4.74 Å². The second-order valence-electron chi connectivity index (χ2n) is 6.85. The smallest absolute Gasteiger partial charge is 0.342 e. The maximum atomic E-state index is 12.9. The molecule has 152 valence electrons. The van der Waals surface area contributed by atoms with Crippen LogP contribution in [0.4, 0.5) is 0 Å². The lowest BCUT2D eigenvalue weighted by Gasteiger charge is -2.13. The number of fused-ring (bicyclic) bond motifs is 1. The lowest BCUT2D eigenvalue weighted by atomic mass is 10.1. The first kappa shape index (κ1) is 19.9. The highest BCUT2D eigenvalue weighted by atomic mass is 35.5. The Labute approximate surface area is 178 Å². The Morgan fingerprint density at radius 2 is 1.83 bits per heavy atom. The van der Waals surface area contributed by atoms with Crippen LogP contribution in [0.5, 0.6) is 5.75 Å². The minimum Gasteiger partial charge on any atom is -0.488 e. The molecule has 0 amide bonds. The molecule has 6 nitrogen and oxygen atoms in total.